The number of allylic oxidation sites excluding steroid dienone is 4. The van der Waals surface area contributed by atoms with E-state index in [1.165, 1.54) is 5.57 Å². The smallest absolute Gasteiger partial charge is 0.132 e. The maximum atomic E-state index is 9.01. The first-order valence-electron chi connectivity index (χ1n) is 6.40. The van der Waals surface area contributed by atoms with E-state index in [4.69, 9.17) is 10.5 Å². The third-order valence-corrected chi connectivity index (χ3v) is 3.06. The largest absolute Gasteiger partial charge is 0.192 e. The summed E-state index contributed by atoms with van der Waals surface area (Å²) in [6.07, 6.45) is 4.97. The van der Waals surface area contributed by atoms with Crippen LogP contribution in [0.25, 0.3) is 0 Å². The second kappa shape index (κ2) is 4.99. The average Bonchev–Trinajstić information content (AvgIpc) is 2.13. The molecule has 0 saturated heterocycles. The van der Waals surface area contributed by atoms with E-state index in [9.17, 15) is 0 Å². The highest BCUT2D eigenvalue weighted by Crippen LogP contribution is 2.42. The Labute approximate surface area is 111 Å². The van der Waals surface area contributed by atoms with E-state index in [1.54, 1.807) is 0 Å². The van der Waals surface area contributed by atoms with Crippen LogP contribution in [-0.2, 0) is 0 Å². The molecular weight excluding hydrogens is 220 g/mol. The van der Waals surface area contributed by atoms with Crippen molar-refractivity contribution in [2.24, 2.45) is 10.8 Å². The van der Waals surface area contributed by atoms with Gasteiger partial charge in [0.05, 0.1) is 0 Å². The molecule has 0 aromatic rings. The van der Waals surface area contributed by atoms with Gasteiger partial charge in [0.25, 0.3) is 0 Å². The van der Waals surface area contributed by atoms with E-state index in [0.717, 1.165) is 24.8 Å². The van der Waals surface area contributed by atoms with Crippen LogP contribution in [0.1, 0.15) is 53.9 Å². The minimum absolute atomic E-state index is 0.142. The van der Waals surface area contributed by atoms with Crippen molar-refractivity contribution in [3.05, 3.63) is 22.8 Å². The molecule has 2 heteroatoms. The maximum Gasteiger partial charge on any atom is 0.132 e. The molecule has 0 heterocycles. The molecule has 0 radical (unpaired) electrons. The summed E-state index contributed by atoms with van der Waals surface area (Å²) >= 11 is 0. The number of hydrogen-bond donors (Lipinski definition) is 0. The summed E-state index contributed by atoms with van der Waals surface area (Å²) in [7, 11) is 0. The Morgan fingerprint density at radius 3 is 2.22 bits per heavy atom. The number of rotatable bonds is 1. The van der Waals surface area contributed by atoms with Crippen LogP contribution in [0.5, 0.6) is 0 Å². The quantitative estimate of drug-likeness (QED) is 0.635. The number of nitrogens with zero attached hydrogens (tertiary/aromatic N) is 2. The molecule has 1 aliphatic carbocycles. The summed E-state index contributed by atoms with van der Waals surface area (Å²) < 4.78 is 0. The molecule has 0 amide bonds. The zero-order valence-electron chi connectivity index (χ0n) is 12.1. The lowest BCUT2D eigenvalue weighted by atomic mass is 9.71. The lowest BCUT2D eigenvalue weighted by Crippen LogP contribution is -2.20. The first-order chi connectivity index (χ1) is 8.17. The highest BCUT2D eigenvalue weighted by Gasteiger charge is 2.28. The van der Waals surface area contributed by atoms with Crippen molar-refractivity contribution in [2.45, 2.75) is 53.9 Å². The molecular formula is C16H22N2. The van der Waals surface area contributed by atoms with Crippen molar-refractivity contribution in [2.75, 3.05) is 0 Å². The predicted octanol–water partition coefficient (Wildman–Crippen LogP) is 4.51. The van der Waals surface area contributed by atoms with Crippen molar-refractivity contribution in [1.82, 2.24) is 0 Å². The standard InChI is InChI=1S/C16H22N2/c1-15(2,3)7-12-6-13(14(10-17)11-18)9-16(4,5)8-12/h6H,7-9H2,1-5H3. The Morgan fingerprint density at radius 2 is 1.78 bits per heavy atom. The zero-order valence-corrected chi connectivity index (χ0v) is 12.1. The minimum Gasteiger partial charge on any atom is -0.192 e. The Bertz CT molecular complexity index is 455. The topological polar surface area (TPSA) is 47.6 Å². The third-order valence-electron chi connectivity index (χ3n) is 3.06. The third kappa shape index (κ3) is 4.04. The first kappa shape index (κ1) is 14.5. The van der Waals surface area contributed by atoms with Crippen LogP contribution in [0.15, 0.2) is 22.8 Å². The van der Waals surface area contributed by atoms with Crippen LogP contribution < -0.4 is 0 Å². The minimum atomic E-state index is 0.142. The van der Waals surface area contributed by atoms with Crippen LogP contribution in [0, 0.1) is 33.5 Å². The Morgan fingerprint density at radius 1 is 1.22 bits per heavy atom. The second-order valence-corrected chi connectivity index (χ2v) is 7.18. The van der Waals surface area contributed by atoms with Gasteiger partial charge in [-0.3, -0.25) is 0 Å². The molecule has 1 rings (SSSR count). The maximum absolute atomic E-state index is 9.01. The lowest BCUT2D eigenvalue weighted by Gasteiger charge is -2.33. The summed E-state index contributed by atoms with van der Waals surface area (Å²) in [5, 5.41) is 18.0. The van der Waals surface area contributed by atoms with Gasteiger partial charge in [-0.2, -0.15) is 10.5 Å². The fourth-order valence-corrected chi connectivity index (χ4v) is 2.67. The van der Waals surface area contributed by atoms with E-state index >= 15 is 0 Å². The van der Waals surface area contributed by atoms with Crippen molar-refractivity contribution in [1.29, 1.82) is 10.5 Å². The van der Waals surface area contributed by atoms with E-state index in [1.807, 2.05) is 12.1 Å². The summed E-state index contributed by atoms with van der Waals surface area (Å²) in [6.45, 7) is 11.1. The normalized spacial score (nSPS) is 18.6. The molecule has 0 aromatic carbocycles. The van der Waals surface area contributed by atoms with Crippen molar-refractivity contribution >= 4 is 0 Å². The highest BCUT2D eigenvalue weighted by atomic mass is 14.4. The van der Waals surface area contributed by atoms with Crippen LogP contribution in [0.2, 0.25) is 0 Å². The van der Waals surface area contributed by atoms with Crippen LogP contribution in [-0.4, -0.2) is 0 Å². The van der Waals surface area contributed by atoms with E-state index in [-0.39, 0.29) is 16.4 Å². The molecule has 0 aromatic heterocycles. The molecule has 0 bridgehead atoms. The van der Waals surface area contributed by atoms with Crippen LogP contribution >= 0.6 is 0 Å². The van der Waals surface area contributed by atoms with E-state index in [2.05, 4.69) is 40.7 Å². The molecule has 0 aliphatic heterocycles. The molecule has 0 spiro atoms. The van der Waals surface area contributed by atoms with Gasteiger partial charge in [0, 0.05) is 0 Å². The van der Waals surface area contributed by atoms with Gasteiger partial charge >= 0.3 is 0 Å². The monoisotopic (exact) mass is 242 g/mol. The second-order valence-electron chi connectivity index (χ2n) is 7.18. The van der Waals surface area contributed by atoms with Crippen molar-refractivity contribution < 1.29 is 0 Å². The van der Waals surface area contributed by atoms with Gasteiger partial charge in [-0.1, -0.05) is 46.3 Å². The summed E-state index contributed by atoms with van der Waals surface area (Å²) in [6, 6.07) is 4.03. The lowest BCUT2D eigenvalue weighted by molar-refractivity contribution is 0.321. The van der Waals surface area contributed by atoms with Gasteiger partial charge in [-0.15, -0.1) is 0 Å². The molecule has 96 valence electrons. The summed E-state index contributed by atoms with van der Waals surface area (Å²) in [5.74, 6) is 0. The van der Waals surface area contributed by atoms with Gasteiger partial charge in [-0.05, 0) is 35.7 Å². The molecule has 0 fully saturated rings. The molecule has 0 atom stereocenters. The molecule has 0 N–H and O–H groups in total. The van der Waals surface area contributed by atoms with Gasteiger partial charge < -0.3 is 0 Å². The molecule has 0 unspecified atom stereocenters. The Balaban J connectivity index is 3.17. The highest BCUT2D eigenvalue weighted by molar-refractivity contribution is 5.47. The Hall–Kier alpha value is -1.54. The van der Waals surface area contributed by atoms with E-state index < -0.39 is 0 Å². The fourth-order valence-electron chi connectivity index (χ4n) is 2.67. The molecule has 1 aliphatic rings. The van der Waals surface area contributed by atoms with Crippen LogP contribution in [0.3, 0.4) is 0 Å². The molecule has 0 saturated carbocycles. The van der Waals surface area contributed by atoms with Gasteiger partial charge in [0.2, 0.25) is 0 Å². The fraction of sp³-hybridized carbons (Fsp3) is 0.625. The van der Waals surface area contributed by atoms with Crippen molar-refractivity contribution in [3.63, 3.8) is 0 Å². The molecule has 18 heavy (non-hydrogen) atoms. The van der Waals surface area contributed by atoms with Gasteiger partial charge in [0.1, 0.15) is 17.7 Å². The summed E-state index contributed by atoms with van der Waals surface area (Å²) in [5.41, 5.74) is 2.93. The number of hydrogen-bond acceptors (Lipinski definition) is 2. The van der Waals surface area contributed by atoms with Crippen LogP contribution in [0.4, 0.5) is 0 Å². The zero-order chi connectivity index (χ0) is 14.0. The van der Waals surface area contributed by atoms with Gasteiger partial charge in [-0.25, -0.2) is 0 Å². The number of nitriles is 2. The average molecular weight is 242 g/mol. The predicted molar refractivity (Wildman–Crippen MR) is 73.4 cm³/mol. The SMILES string of the molecule is CC(C)(C)CC1=CC(=C(C#N)C#N)CC(C)(C)C1. The van der Waals surface area contributed by atoms with Crippen molar-refractivity contribution in [3.8, 4) is 12.1 Å². The molecule has 2 nitrogen and oxygen atoms in total. The summed E-state index contributed by atoms with van der Waals surface area (Å²) in [4.78, 5) is 0. The Kier molecular flexibility index (Phi) is 4.02. The van der Waals surface area contributed by atoms with E-state index in [0.29, 0.717) is 0 Å². The van der Waals surface area contributed by atoms with Gasteiger partial charge in [0.15, 0.2) is 0 Å². The first-order valence-corrected chi connectivity index (χ1v) is 6.40.